The normalized spacial score (nSPS) is 37.9. The SMILES string of the molecule is Cc1nc(/C=C/[C@@H]2C[C@@H]3O[C@]3(C)CCC[C@H](C)[C@H](O)[C@@H](C)C(=O)C(C)(C)[C@@H](O)CC(=O)O2)cs1. The van der Waals surface area contributed by atoms with Crippen molar-refractivity contribution in [2.24, 2.45) is 17.3 Å². The molecule has 0 aliphatic carbocycles. The van der Waals surface area contributed by atoms with Crippen LogP contribution < -0.4 is 0 Å². The molecule has 3 heterocycles. The molecule has 0 spiro atoms. The van der Waals surface area contributed by atoms with Crippen molar-refractivity contribution >= 4 is 29.2 Å². The highest BCUT2D eigenvalue weighted by Gasteiger charge is 2.52. The first kappa shape index (κ1) is 27.0. The molecule has 2 aliphatic rings. The summed E-state index contributed by atoms with van der Waals surface area (Å²) in [6.45, 7) is 10.9. The molecule has 7 atom stereocenters. The maximum absolute atomic E-state index is 13.2. The van der Waals surface area contributed by atoms with Crippen molar-refractivity contribution in [3.63, 3.8) is 0 Å². The Labute approximate surface area is 206 Å². The summed E-state index contributed by atoms with van der Waals surface area (Å²) in [5.41, 5.74) is -0.684. The quantitative estimate of drug-likeness (QED) is 0.472. The van der Waals surface area contributed by atoms with E-state index >= 15 is 0 Å². The van der Waals surface area contributed by atoms with Crippen LogP contribution in [-0.2, 0) is 19.1 Å². The van der Waals surface area contributed by atoms with Crippen molar-refractivity contribution in [3.05, 3.63) is 22.2 Å². The average Bonchev–Trinajstić information content (AvgIpc) is 3.19. The first-order valence-electron chi connectivity index (χ1n) is 12.2. The first-order valence-corrected chi connectivity index (χ1v) is 13.1. The number of aryl methyl sites for hydroxylation is 1. The predicted octanol–water partition coefficient (Wildman–Crippen LogP) is 4.09. The number of fused-ring (bicyclic) bond motifs is 1. The van der Waals surface area contributed by atoms with Crippen LogP contribution in [0.5, 0.6) is 0 Å². The molecular formula is C26H39NO6S. The Balaban J connectivity index is 1.81. The largest absolute Gasteiger partial charge is 0.458 e. The van der Waals surface area contributed by atoms with E-state index in [9.17, 15) is 19.8 Å². The number of hydrogen-bond donors (Lipinski definition) is 2. The third-order valence-electron chi connectivity index (χ3n) is 7.55. The molecule has 0 amide bonds. The van der Waals surface area contributed by atoms with E-state index < -0.39 is 35.6 Å². The van der Waals surface area contributed by atoms with E-state index in [0.717, 1.165) is 30.0 Å². The number of nitrogens with zero attached hydrogens (tertiary/aromatic N) is 1. The number of epoxide rings is 1. The Morgan fingerprint density at radius 2 is 1.91 bits per heavy atom. The second-order valence-corrected chi connectivity index (χ2v) is 11.9. The number of aromatic nitrogens is 1. The lowest BCUT2D eigenvalue weighted by Gasteiger charge is -2.34. The van der Waals surface area contributed by atoms with E-state index in [1.165, 1.54) is 0 Å². The molecule has 2 N–H and O–H groups in total. The molecule has 0 bridgehead atoms. The van der Waals surface area contributed by atoms with Gasteiger partial charge >= 0.3 is 5.97 Å². The zero-order chi connectivity index (χ0) is 25.3. The Morgan fingerprint density at radius 3 is 2.56 bits per heavy atom. The fraction of sp³-hybridized carbons (Fsp3) is 0.731. The molecule has 0 unspecified atom stereocenters. The molecule has 190 valence electrons. The van der Waals surface area contributed by atoms with Crippen LogP contribution in [0.4, 0.5) is 0 Å². The van der Waals surface area contributed by atoms with Gasteiger partial charge in [0.05, 0.1) is 46.5 Å². The summed E-state index contributed by atoms with van der Waals surface area (Å²) >= 11 is 1.55. The van der Waals surface area contributed by atoms with Crippen LogP contribution in [-0.4, -0.2) is 57.0 Å². The lowest BCUT2D eigenvalue weighted by atomic mass is 9.73. The second-order valence-electron chi connectivity index (χ2n) is 10.8. The maximum atomic E-state index is 13.2. The molecule has 0 saturated carbocycles. The van der Waals surface area contributed by atoms with Crippen molar-refractivity contribution in [3.8, 4) is 0 Å². The van der Waals surface area contributed by atoms with Gasteiger partial charge in [0, 0.05) is 17.7 Å². The zero-order valence-corrected chi connectivity index (χ0v) is 21.9. The van der Waals surface area contributed by atoms with Gasteiger partial charge in [0.25, 0.3) is 0 Å². The van der Waals surface area contributed by atoms with Crippen molar-refractivity contribution in [1.29, 1.82) is 0 Å². The average molecular weight is 494 g/mol. The number of cyclic esters (lactones) is 1. The maximum Gasteiger partial charge on any atom is 0.309 e. The molecule has 0 aromatic carbocycles. The number of rotatable bonds is 2. The number of ketones is 1. The molecule has 3 rings (SSSR count). The van der Waals surface area contributed by atoms with Crippen molar-refractivity contribution in [1.82, 2.24) is 4.98 Å². The number of carbonyl (C=O) groups excluding carboxylic acids is 2. The van der Waals surface area contributed by atoms with Gasteiger partial charge in [0.2, 0.25) is 0 Å². The molecule has 8 heteroatoms. The molecule has 2 fully saturated rings. The Hall–Kier alpha value is -1.61. The number of aliphatic hydroxyl groups excluding tert-OH is 2. The molecule has 34 heavy (non-hydrogen) atoms. The molecule has 0 radical (unpaired) electrons. The summed E-state index contributed by atoms with van der Waals surface area (Å²) in [5.74, 6) is -1.55. The Morgan fingerprint density at radius 1 is 1.21 bits per heavy atom. The Kier molecular flexibility index (Phi) is 8.38. The first-order chi connectivity index (χ1) is 15.8. The summed E-state index contributed by atoms with van der Waals surface area (Å²) in [6, 6.07) is 0. The van der Waals surface area contributed by atoms with Crippen LogP contribution in [0.1, 0.15) is 77.4 Å². The third-order valence-corrected chi connectivity index (χ3v) is 8.34. The van der Waals surface area contributed by atoms with Crippen molar-refractivity contribution in [2.45, 2.75) is 104 Å². The van der Waals surface area contributed by atoms with Crippen LogP contribution in [0.3, 0.4) is 0 Å². The van der Waals surface area contributed by atoms with Gasteiger partial charge in [0.15, 0.2) is 0 Å². The van der Waals surface area contributed by atoms with E-state index in [2.05, 4.69) is 11.9 Å². The number of aliphatic hydroxyl groups is 2. The highest BCUT2D eigenvalue weighted by molar-refractivity contribution is 7.09. The summed E-state index contributed by atoms with van der Waals surface area (Å²) in [6.07, 6.45) is 3.72. The lowest BCUT2D eigenvalue weighted by Crippen LogP contribution is -2.45. The number of Topliss-reactive ketones (excluding diaryl/α,β-unsaturated/α-hetero) is 1. The summed E-state index contributed by atoms with van der Waals surface area (Å²) in [7, 11) is 0. The fourth-order valence-electron chi connectivity index (χ4n) is 4.82. The van der Waals surface area contributed by atoms with Gasteiger partial charge in [-0.2, -0.15) is 0 Å². The number of ether oxygens (including phenoxy) is 2. The molecule has 1 aromatic rings. The number of esters is 1. The summed E-state index contributed by atoms with van der Waals surface area (Å²) in [4.78, 5) is 30.4. The highest BCUT2D eigenvalue weighted by atomic mass is 32.1. The van der Waals surface area contributed by atoms with Crippen LogP contribution in [0.15, 0.2) is 11.5 Å². The van der Waals surface area contributed by atoms with E-state index in [0.29, 0.717) is 6.42 Å². The fourth-order valence-corrected chi connectivity index (χ4v) is 5.40. The minimum atomic E-state index is -1.22. The van der Waals surface area contributed by atoms with Gasteiger partial charge in [-0.25, -0.2) is 4.98 Å². The highest BCUT2D eigenvalue weighted by Crippen LogP contribution is 2.44. The van der Waals surface area contributed by atoms with Gasteiger partial charge in [-0.1, -0.05) is 34.1 Å². The topological polar surface area (TPSA) is 109 Å². The van der Waals surface area contributed by atoms with Crippen LogP contribution in [0, 0.1) is 24.2 Å². The van der Waals surface area contributed by atoms with Crippen LogP contribution in [0.25, 0.3) is 6.08 Å². The number of carbonyl (C=O) groups is 2. The second kappa shape index (κ2) is 10.6. The number of thiazole rings is 1. The van der Waals surface area contributed by atoms with E-state index in [1.807, 2.05) is 31.4 Å². The van der Waals surface area contributed by atoms with Gasteiger partial charge in [-0.05, 0) is 44.8 Å². The number of hydrogen-bond acceptors (Lipinski definition) is 8. The van der Waals surface area contributed by atoms with Gasteiger partial charge < -0.3 is 19.7 Å². The smallest absolute Gasteiger partial charge is 0.309 e. The van der Waals surface area contributed by atoms with Crippen molar-refractivity contribution in [2.75, 3.05) is 0 Å². The summed E-state index contributed by atoms with van der Waals surface area (Å²) < 4.78 is 11.7. The molecule has 7 nitrogen and oxygen atoms in total. The van der Waals surface area contributed by atoms with Crippen LogP contribution >= 0.6 is 11.3 Å². The minimum Gasteiger partial charge on any atom is -0.458 e. The van der Waals surface area contributed by atoms with Crippen molar-refractivity contribution < 1.29 is 29.3 Å². The molecular weight excluding hydrogens is 454 g/mol. The molecule has 2 aliphatic heterocycles. The van der Waals surface area contributed by atoms with E-state index in [4.69, 9.17) is 9.47 Å². The Bertz CT molecular complexity index is 911. The molecule has 2 saturated heterocycles. The zero-order valence-electron chi connectivity index (χ0n) is 21.1. The monoisotopic (exact) mass is 493 g/mol. The lowest BCUT2D eigenvalue weighted by molar-refractivity contribution is -0.154. The van der Waals surface area contributed by atoms with Crippen LogP contribution in [0.2, 0.25) is 0 Å². The summed E-state index contributed by atoms with van der Waals surface area (Å²) in [5, 5.41) is 24.5. The van der Waals surface area contributed by atoms with E-state index in [1.54, 1.807) is 32.1 Å². The van der Waals surface area contributed by atoms with Gasteiger partial charge in [-0.15, -0.1) is 11.3 Å². The third kappa shape index (κ3) is 6.33. The van der Waals surface area contributed by atoms with Gasteiger partial charge in [0.1, 0.15) is 11.9 Å². The van der Waals surface area contributed by atoms with E-state index in [-0.39, 0.29) is 29.8 Å². The minimum absolute atomic E-state index is 0.0397. The predicted molar refractivity (Wildman–Crippen MR) is 131 cm³/mol. The van der Waals surface area contributed by atoms with Gasteiger partial charge in [-0.3, -0.25) is 9.59 Å². The molecule has 1 aromatic heterocycles. The standard InChI is InChI=1S/C26H39NO6S/c1-15-8-7-11-26(6)21(33-26)12-19(10-9-18-14-34-17(3)27-18)32-22(29)13-20(28)25(4,5)24(31)16(2)23(15)30/h9-10,14-16,19-21,23,28,30H,7-8,11-13H2,1-6H3/b10-9+/t15-,16+,19+,20-,21-,23-,26+/m0/s1.